The molecule has 1 aliphatic carbocycles. The second-order valence-corrected chi connectivity index (χ2v) is 6.89. The summed E-state index contributed by atoms with van der Waals surface area (Å²) in [4.78, 5) is 17.4. The van der Waals surface area contributed by atoms with Crippen LogP contribution in [0.25, 0.3) is 16.9 Å². The average molecular weight is 358 g/mol. The molecule has 0 radical (unpaired) electrons. The molecular formula is C20H18N6O. The van der Waals surface area contributed by atoms with Gasteiger partial charge in [-0.05, 0) is 43.5 Å². The van der Waals surface area contributed by atoms with Crippen LogP contribution in [0.3, 0.4) is 0 Å². The van der Waals surface area contributed by atoms with Crippen LogP contribution in [-0.4, -0.2) is 30.7 Å². The summed E-state index contributed by atoms with van der Waals surface area (Å²) in [5.41, 5.74) is 3.90. The summed E-state index contributed by atoms with van der Waals surface area (Å²) in [5.74, 6) is 1.93. The predicted molar refractivity (Wildman–Crippen MR) is 102 cm³/mol. The number of hydrogen-bond donors (Lipinski definition) is 2. The van der Waals surface area contributed by atoms with Crippen molar-refractivity contribution in [3.8, 4) is 11.4 Å². The Morgan fingerprint density at radius 1 is 1.26 bits per heavy atom. The van der Waals surface area contributed by atoms with Gasteiger partial charge >= 0.3 is 0 Å². The van der Waals surface area contributed by atoms with Crippen molar-refractivity contribution in [2.24, 2.45) is 0 Å². The summed E-state index contributed by atoms with van der Waals surface area (Å²) in [7, 11) is 0. The van der Waals surface area contributed by atoms with Crippen LogP contribution >= 0.6 is 0 Å². The number of hydrogen-bond acceptors (Lipinski definition) is 4. The van der Waals surface area contributed by atoms with E-state index in [1.165, 1.54) is 12.8 Å². The van der Waals surface area contributed by atoms with Crippen LogP contribution in [0.2, 0.25) is 0 Å². The van der Waals surface area contributed by atoms with E-state index >= 15 is 0 Å². The lowest BCUT2D eigenvalue weighted by molar-refractivity contribution is 0.102. The molecule has 7 nitrogen and oxygen atoms in total. The van der Waals surface area contributed by atoms with Gasteiger partial charge in [-0.15, -0.1) is 0 Å². The molecule has 1 fully saturated rings. The van der Waals surface area contributed by atoms with Gasteiger partial charge in [0.1, 0.15) is 5.82 Å². The van der Waals surface area contributed by atoms with Gasteiger partial charge in [-0.2, -0.15) is 10.2 Å². The molecule has 27 heavy (non-hydrogen) atoms. The minimum atomic E-state index is -0.190. The number of carbonyl (C=O) groups is 1. The second kappa shape index (κ2) is 6.05. The molecule has 3 aromatic heterocycles. The molecule has 5 rings (SSSR count). The highest BCUT2D eigenvalue weighted by atomic mass is 16.1. The maximum atomic E-state index is 12.8. The van der Waals surface area contributed by atoms with Gasteiger partial charge in [-0.25, -0.2) is 9.50 Å². The van der Waals surface area contributed by atoms with Crippen LogP contribution in [0, 0.1) is 6.92 Å². The molecule has 0 unspecified atom stereocenters. The minimum Gasteiger partial charge on any atom is -0.322 e. The molecule has 0 bridgehead atoms. The molecule has 0 atom stereocenters. The van der Waals surface area contributed by atoms with Crippen molar-refractivity contribution in [2.45, 2.75) is 25.7 Å². The van der Waals surface area contributed by atoms with E-state index in [0.29, 0.717) is 17.3 Å². The van der Waals surface area contributed by atoms with E-state index in [0.717, 1.165) is 28.2 Å². The molecule has 0 aliphatic heterocycles. The third-order valence-electron chi connectivity index (χ3n) is 4.88. The number of H-pyrrole nitrogens is 1. The molecule has 134 valence electrons. The number of amides is 1. The minimum absolute atomic E-state index is 0.190. The van der Waals surface area contributed by atoms with Gasteiger partial charge in [-0.3, -0.25) is 9.89 Å². The molecule has 2 N–H and O–H groups in total. The number of benzene rings is 1. The first kappa shape index (κ1) is 15.7. The summed E-state index contributed by atoms with van der Waals surface area (Å²) in [6, 6.07) is 11.5. The van der Waals surface area contributed by atoms with E-state index in [1.807, 2.05) is 49.5 Å². The highest BCUT2D eigenvalue weighted by Gasteiger charge is 2.27. The fourth-order valence-electron chi connectivity index (χ4n) is 3.14. The maximum absolute atomic E-state index is 12.8. The van der Waals surface area contributed by atoms with Crippen LogP contribution in [0.15, 0.2) is 48.8 Å². The molecule has 4 aromatic rings. The Kier molecular flexibility index (Phi) is 3.53. The topological polar surface area (TPSA) is 88.0 Å². The van der Waals surface area contributed by atoms with Crippen LogP contribution in [0.5, 0.6) is 0 Å². The quantitative estimate of drug-likeness (QED) is 0.584. The Bertz CT molecular complexity index is 1150. The number of aromatic nitrogens is 5. The molecule has 0 spiro atoms. The van der Waals surface area contributed by atoms with Gasteiger partial charge in [-0.1, -0.05) is 18.2 Å². The number of aromatic amines is 1. The third kappa shape index (κ3) is 2.87. The van der Waals surface area contributed by atoms with Crippen LogP contribution in [-0.2, 0) is 0 Å². The smallest absolute Gasteiger partial charge is 0.259 e. The van der Waals surface area contributed by atoms with Crippen molar-refractivity contribution in [1.29, 1.82) is 0 Å². The largest absolute Gasteiger partial charge is 0.322 e. The number of anilines is 1. The molecule has 1 aromatic carbocycles. The lowest BCUT2D eigenvalue weighted by Crippen LogP contribution is -2.12. The summed E-state index contributed by atoms with van der Waals surface area (Å²) < 4.78 is 1.69. The standard InChI is InChI=1S/C20H18N6O/c1-12-5-6-14(19-23-18(24-25-19)13-7-8-13)10-16(12)22-20(27)15-11-21-26-9-3-2-4-17(15)26/h2-6,9-11,13H,7-8H2,1H3,(H,22,27)(H,23,24,25). The number of nitrogens with zero attached hydrogens (tertiary/aromatic N) is 4. The van der Waals surface area contributed by atoms with Crippen molar-refractivity contribution in [1.82, 2.24) is 24.8 Å². The third-order valence-corrected chi connectivity index (χ3v) is 4.88. The van der Waals surface area contributed by atoms with Crippen molar-refractivity contribution in [3.05, 3.63) is 65.7 Å². The Morgan fingerprint density at radius 3 is 3.00 bits per heavy atom. The van der Waals surface area contributed by atoms with E-state index in [-0.39, 0.29) is 5.91 Å². The normalized spacial score (nSPS) is 13.8. The van der Waals surface area contributed by atoms with E-state index in [4.69, 9.17) is 0 Å². The van der Waals surface area contributed by atoms with Gasteiger partial charge in [0.15, 0.2) is 5.82 Å². The molecule has 1 saturated carbocycles. The molecule has 3 heterocycles. The second-order valence-electron chi connectivity index (χ2n) is 6.89. The van der Waals surface area contributed by atoms with Crippen molar-refractivity contribution in [3.63, 3.8) is 0 Å². The lowest BCUT2D eigenvalue weighted by atomic mass is 10.1. The van der Waals surface area contributed by atoms with Crippen molar-refractivity contribution in [2.75, 3.05) is 5.32 Å². The number of pyridine rings is 1. The Morgan fingerprint density at radius 2 is 2.15 bits per heavy atom. The number of aryl methyl sites for hydroxylation is 1. The van der Waals surface area contributed by atoms with Gasteiger partial charge in [0.05, 0.1) is 17.3 Å². The van der Waals surface area contributed by atoms with Crippen molar-refractivity contribution < 1.29 is 4.79 Å². The van der Waals surface area contributed by atoms with E-state index in [1.54, 1.807) is 10.7 Å². The Balaban J connectivity index is 1.44. The first-order valence-corrected chi connectivity index (χ1v) is 8.96. The Labute approximate surface area is 155 Å². The fourth-order valence-corrected chi connectivity index (χ4v) is 3.14. The van der Waals surface area contributed by atoms with Crippen LogP contribution < -0.4 is 5.32 Å². The number of fused-ring (bicyclic) bond motifs is 1. The monoisotopic (exact) mass is 358 g/mol. The Hall–Kier alpha value is -3.48. The highest BCUT2D eigenvalue weighted by Crippen LogP contribution is 2.38. The van der Waals surface area contributed by atoms with E-state index < -0.39 is 0 Å². The van der Waals surface area contributed by atoms with E-state index in [2.05, 4.69) is 25.6 Å². The first-order valence-electron chi connectivity index (χ1n) is 8.96. The summed E-state index contributed by atoms with van der Waals surface area (Å²) in [5, 5.41) is 14.6. The maximum Gasteiger partial charge on any atom is 0.259 e. The van der Waals surface area contributed by atoms with Crippen LogP contribution in [0.1, 0.15) is 40.5 Å². The summed E-state index contributed by atoms with van der Waals surface area (Å²) >= 11 is 0. The molecule has 7 heteroatoms. The summed E-state index contributed by atoms with van der Waals surface area (Å²) in [6.07, 6.45) is 5.74. The molecule has 1 aliphatic rings. The average Bonchev–Trinajstić information content (AvgIpc) is 3.25. The number of nitrogens with one attached hydrogen (secondary N) is 2. The van der Waals surface area contributed by atoms with E-state index in [9.17, 15) is 4.79 Å². The first-order chi connectivity index (χ1) is 13.2. The zero-order valence-electron chi connectivity index (χ0n) is 14.8. The molecule has 1 amide bonds. The van der Waals surface area contributed by atoms with Gasteiger partial charge in [0, 0.05) is 23.4 Å². The summed E-state index contributed by atoms with van der Waals surface area (Å²) in [6.45, 7) is 1.96. The lowest BCUT2D eigenvalue weighted by Gasteiger charge is -2.09. The number of rotatable bonds is 4. The van der Waals surface area contributed by atoms with Gasteiger partial charge in [0.25, 0.3) is 5.91 Å². The zero-order valence-corrected chi connectivity index (χ0v) is 14.8. The van der Waals surface area contributed by atoms with Crippen molar-refractivity contribution >= 4 is 17.1 Å². The fraction of sp³-hybridized carbons (Fsp3) is 0.200. The zero-order chi connectivity index (χ0) is 18.4. The molecular weight excluding hydrogens is 340 g/mol. The van der Waals surface area contributed by atoms with Crippen LogP contribution in [0.4, 0.5) is 5.69 Å². The predicted octanol–water partition coefficient (Wildman–Crippen LogP) is 3.56. The SMILES string of the molecule is Cc1ccc(-c2n[nH]c(C3CC3)n2)cc1NC(=O)c1cnn2ccccc12. The molecule has 0 saturated heterocycles. The number of carbonyl (C=O) groups excluding carboxylic acids is 1. The van der Waals surface area contributed by atoms with Gasteiger partial charge in [0.2, 0.25) is 0 Å². The van der Waals surface area contributed by atoms with Gasteiger partial charge < -0.3 is 5.32 Å². The highest BCUT2D eigenvalue weighted by molar-refractivity contribution is 6.09.